The van der Waals surface area contributed by atoms with Crippen LogP contribution < -0.4 is 16.0 Å². The summed E-state index contributed by atoms with van der Waals surface area (Å²) in [4.78, 5) is 26.3. The Balaban J connectivity index is 1.22. The minimum absolute atomic E-state index is 0.0148. The van der Waals surface area contributed by atoms with E-state index >= 15 is 0 Å². The summed E-state index contributed by atoms with van der Waals surface area (Å²) >= 11 is 6.37. The van der Waals surface area contributed by atoms with Gasteiger partial charge < -0.3 is 20.9 Å². The monoisotopic (exact) mass is 432 g/mol. The van der Waals surface area contributed by atoms with E-state index in [-0.39, 0.29) is 41.4 Å². The lowest BCUT2D eigenvalue weighted by Gasteiger charge is -2.37. The van der Waals surface area contributed by atoms with Crippen molar-refractivity contribution in [2.45, 2.75) is 55.6 Å². The molecule has 0 bridgehead atoms. The highest BCUT2D eigenvalue weighted by molar-refractivity contribution is 7.91. The van der Waals surface area contributed by atoms with Crippen molar-refractivity contribution in [2.75, 3.05) is 31.1 Å². The Bertz CT molecular complexity index is 733. The van der Waals surface area contributed by atoms with Gasteiger partial charge in [0.25, 0.3) is 0 Å². The lowest BCUT2D eigenvalue weighted by atomic mass is 9.75. The van der Waals surface area contributed by atoms with Crippen molar-refractivity contribution in [1.82, 2.24) is 20.9 Å². The number of nitrogens with zero attached hydrogens (tertiary/aromatic N) is 1. The van der Waals surface area contributed by atoms with E-state index in [1.54, 1.807) is 4.90 Å². The number of carbonyl (C=O) groups is 2. The lowest BCUT2D eigenvalue weighted by Crippen LogP contribution is -2.53. The van der Waals surface area contributed by atoms with Crippen molar-refractivity contribution in [3.05, 3.63) is 0 Å². The molecule has 0 aromatic carbocycles. The number of amides is 3. The molecule has 1 aliphatic carbocycles. The van der Waals surface area contributed by atoms with Gasteiger partial charge in [0.2, 0.25) is 5.91 Å². The molecule has 1 saturated carbocycles. The van der Waals surface area contributed by atoms with Crippen LogP contribution in [0.25, 0.3) is 0 Å². The first-order valence-corrected chi connectivity index (χ1v) is 12.5. The summed E-state index contributed by atoms with van der Waals surface area (Å²) < 4.78 is 22.9. The minimum atomic E-state index is -3.04. The van der Waals surface area contributed by atoms with Crippen LogP contribution in [0.15, 0.2) is 0 Å². The molecule has 3 heterocycles. The Morgan fingerprint density at radius 2 is 1.93 bits per heavy atom. The van der Waals surface area contributed by atoms with Gasteiger partial charge in [-0.3, -0.25) is 4.79 Å². The highest BCUT2D eigenvalue weighted by Gasteiger charge is 2.47. The third-order valence-electron chi connectivity index (χ3n) is 6.76. The normalized spacial score (nSPS) is 39.1. The number of alkyl halides is 1. The maximum absolute atomic E-state index is 12.5. The molecule has 5 unspecified atom stereocenters. The number of halogens is 1. The molecule has 6 atom stereocenters. The molecule has 158 valence electrons. The summed E-state index contributed by atoms with van der Waals surface area (Å²) in [6.45, 7) is 1.21. The van der Waals surface area contributed by atoms with Gasteiger partial charge in [-0.25, -0.2) is 13.2 Å². The van der Waals surface area contributed by atoms with E-state index < -0.39 is 9.84 Å². The van der Waals surface area contributed by atoms with Crippen LogP contribution in [0.2, 0.25) is 0 Å². The molecule has 4 aliphatic rings. The van der Waals surface area contributed by atoms with E-state index in [1.165, 1.54) is 0 Å². The third-order valence-corrected chi connectivity index (χ3v) is 8.93. The summed E-state index contributed by atoms with van der Waals surface area (Å²) in [5.41, 5.74) is 0. The van der Waals surface area contributed by atoms with Crippen molar-refractivity contribution >= 4 is 33.4 Å². The molecular formula is C18H29ClN4O4S. The van der Waals surface area contributed by atoms with Gasteiger partial charge in [-0.1, -0.05) is 0 Å². The topological polar surface area (TPSA) is 108 Å². The fourth-order valence-corrected chi connectivity index (χ4v) is 7.41. The molecule has 3 saturated heterocycles. The Labute approximate surface area is 171 Å². The molecule has 8 nitrogen and oxygen atoms in total. The van der Waals surface area contributed by atoms with Crippen molar-refractivity contribution in [3.63, 3.8) is 0 Å². The van der Waals surface area contributed by atoms with Crippen LogP contribution in [0.3, 0.4) is 0 Å². The zero-order chi connectivity index (χ0) is 19.9. The van der Waals surface area contributed by atoms with E-state index in [0.717, 1.165) is 25.7 Å². The van der Waals surface area contributed by atoms with Crippen molar-refractivity contribution in [2.24, 2.45) is 11.8 Å². The van der Waals surface area contributed by atoms with Gasteiger partial charge in [0.15, 0.2) is 9.84 Å². The summed E-state index contributed by atoms with van der Waals surface area (Å²) in [7, 11) is -3.04. The van der Waals surface area contributed by atoms with E-state index in [0.29, 0.717) is 43.4 Å². The molecule has 3 aliphatic heterocycles. The van der Waals surface area contributed by atoms with Crippen LogP contribution in [0.5, 0.6) is 0 Å². The van der Waals surface area contributed by atoms with Gasteiger partial charge in [0.05, 0.1) is 18.1 Å². The maximum Gasteiger partial charge on any atom is 0.317 e. The number of likely N-dealkylation sites (tertiary alicyclic amines) is 1. The Morgan fingerprint density at radius 3 is 2.68 bits per heavy atom. The van der Waals surface area contributed by atoms with Crippen LogP contribution in [0.1, 0.15) is 32.1 Å². The second-order valence-electron chi connectivity index (χ2n) is 8.68. The van der Waals surface area contributed by atoms with Gasteiger partial charge in [0.1, 0.15) is 0 Å². The zero-order valence-electron chi connectivity index (χ0n) is 15.9. The number of hydrogen-bond donors (Lipinski definition) is 3. The number of urea groups is 1. The number of nitrogens with one attached hydrogen (secondary N) is 3. The fourth-order valence-electron chi connectivity index (χ4n) is 5.41. The van der Waals surface area contributed by atoms with Gasteiger partial charge in [-0.05, 0) is 43.9 Å². The van der Waals surface area contributed by atoms with Gasteiger partial charge >= 0.3 is 6.03 Å². The highest BCUT2D eigenvalue weighted by atomic mass is 35.5. The predicted molar refractivity (Wildman–Crippen MR) is 106 cm³/mol. The molecule has 0 aromatic heterocycles. The van der Waals surface area contributed by atoms with E-state index in [9.17, 15) is 18.0 Å². The summed E-state index contributed by atoms with van der Waals surface area (Å²) in [6.07, 6.45) is 4.62. The van der Waals surface area contributed by atoms with Gasteiger partial charge in [-0.15, -0.1) is 11.6 Å². The van der Waals surface area contributed by atoms with E-state index in [2.05, 4.69) is 16.0 Å². The number of rotatable bonds is 3. The number of fused-ring (bicyclic) bond motifs is 3. The molecule has 4 fully saturated rings. The molecule has 10 heteroatoms. The molecule has 3 N–H and O–H groups in total. The minimum Gasteiger partial charge on any atom is -0.351 e. The quantitative estimate of drug-likeness (QED) is 0.547. The summed E-state index contributed by atoms with van der Waals surface area (Å²) in [5.74, 6) is 0.936. The summed E-state index contributed by atoms with van der Waals surface area (Å²) in [5, 5.41) is 9.34. The van der Waals surface area contributed by atoms with Crippen LogP contribution in [0.4, 0.5) is 4.79 Å². The molecule has 4 rings (SSSR count). The van der Waals surface area contributed by atoms with Gasteiger partial charge in [-0.2, -0.15) is 0 Å². The van der Waals surface area contributed by atoms with Crippen molar-refractivity contribution < 1.29 is 18.0 Å². The largest absolute Gasteiger partial charge is 0.351 e. The van der Waals surface area contributed by atoms with Crippen molar-refractivity contribution in [3.8, 4) is 0 Å². The van der Waals surface area contributed by atoms with Crippen molar-refractivity contribution in [1.29, 1.82) is 0 Å². The maximum atomic E-state index is 12.5. The first-order chi connectivity index (χ1) is 13.3. The number of carbonyl (C=O) groups excluding carboxylic acids is 2. The van der Waals surface area contributed by atoms with Crippen LogP contribution in [-0.4, -0.2) is 79.9 Å². The predicted octanol–water partition coefficient (Wildman–Crippen LogP) is 0.0691. The highest BCUT2D eigenvalue weighted by Crippen LogP contribution is 2.42. The van der Waals surface area contributed by atoms with Crippen LogP contribution in [-0.2, 0) is 14.6 Å². The first-order valence-electron chi connectivity index (χ1n) is 10.2. The Hall–Kier alpha value is -1.06. The third kappa shape index (κ3) is 4.41. The second kappa shape index (κ2) is 7.99. The molecule has 0 radical (unpaired) electrons. The number of sulfone groups is 1. The zero-order valence-corrected chi connectivity index (χ0v) is 17.5. The lowest BCUT2D eigenvalue weighted by molar-refractivity contribution is -0.120. The van der Waals surface area contributed by atoms with E-state index in [1.807, 2.05) is 0 Å². The average Bonchev–Trinajstić information content (AvgIpc) is 3.18. The summed E-state index contributed by atoms with van der Waals surface area (Å²) in [6, 6.07) is 0.233. The first kappa shape index (κ1) is 20.2. The Morgan fingerprint density at radius 1 is 1.11 bits per heavy atom. The van der Waals surface area contributed by atoms with Gasteiger partial charge in [0, 0.05) is 36.6 Å². The SMILES string of the molecule is O=C(CNC(=O)N1CCC2C(C1)NC1CCC(Cl)CC12)N[C@H]1CCS(=O)(=O)C1. The fraction of sp³-hybridized carbons (Fsp3) is 0.889. The smallest absolute Gasteiger partial charge is 0.317 e. The average molecular weight is 433 g/mol. The van der Waals surface area contributed by atoms with E-state index in [4.69, 9.17) is 11.6 Å². The second-order valence-corrected chi connectivity index (χ2v) is 11.5. The molecule has 3 amide bonds. The standard InChI is InChI=1S/C18H29ClN4O4S/c19-11-1-2-15-14(7-11)13-3-5-23(9-16(13)22-15)18(25)20-8-17(24)21-12-4-6-28(26,27)10-12/h11-16,22H,1-10H2,(H,20,25)(H,21,24)/t11?,12-,13?,14?,15?,16?/m0/s1. The number of hydrogen-bond acceptors (Lipinski definition) is 5. The molecule has 0 aromatic rings. The van der Waals surface area contributed by atoms with Crippen LogP contribution >= 0.6 is 11.6 Å². The molecule has 0 spiro atoms. The Kier molecular flexibility index (Phi) is 5.77. The molecule has 28 heavy (non-hydrogen) atoms. The number of piperidine rings is 1. The molecular weight excluding hydrogens is 404 g/mol. The van der Waals surface area contributed by atoms with Crippen LogP contribution in [0, 0.1) is 11.8 Å².